The molecule has 2 aromatic carbocycles. The minimum Gasteiger partial charge on any atom is -0.493 e. The third kappa shape index (κ3) is 3.69. The second-order valence-electron chi connectivity index (χ2n) is 5.80. The number of hydrogen-bond acceptors (Lipinski definition) is 4. The van der Waals surface area contributed by atoms with Crippen LogP contribution in [-0.4, -0.2) is 24.7 Å². The van der Waals surface area contributed by atoms with Gasteiger partial charge in [0.25, 0.3) is 5.56 Å². The molecule has 0 saturated carbocycles. The lowest BCUT2D eigenvalue weighted by molar-refractivity contribution is -0.121. The molecule has 3 rings (SSSR count). The summed E-state index contributed by atoms with van der Waals surface area (Å²) in [6.07, 6.45) is 1.64. The lowest BCUT2D eigenvalue weighted by atomic mass is 10.2. The Hall–Kier alpha value is -3.28. The molecular formula is C20H20N2O4. The minimum atomic E-state index is -0.239. The zero-order valence-electron chi connectivity index (χ0n) is 14.7. The SMILES string of the molecule is COc1ccc(CNC(=O)Cn2ccc3ccccc3c2=O)cc1OC. The first-order valence-corrected chi connectivity index (χ1v) is 8.18. The largest absolute Gasteiger partial charge is 0.493 e. The second-order valence-corrected chi connectivity index (χ2v) is 5.80. The fraction of sp³-hybridized carbons (Fsp3) is 0.200. The Balaban J connectivity index is 1.68. The molecule has 0 bridgehead atoms. The number of carbonyl (C=O) groups is 1. The summed E-state index contributed by atoms with van der Waals surface area (Å²) in [4.78, 5) is 24.7. The summed E-state index contributed by atoms with van der Waals surface area (Å²) >= 11 is 0. The van der Waals surface area contributed by atoms with Crippen molar-refractivity contribution >= 4 is 16.7 Å². The molecule has 0 fully saturated rings. The summed E-state index contributed by atoms with van der Waals surface area (Å²) in [5.74, 6) is 0.993. The molecule has 1 N–H and O–H groups in total. The Morgan fingerprint density at radius 3 is 2.58 bits per heavy atom. The van der Waals surface area contributed by atoms with Gasteiger partial charge in [0.05, 0.1) is 14.2 Å². The Labute approximate surface area is 151 Å². The number of methoxy groups -OCH3 is 2. The van der Waals surface area contributed by atoms with Gasteiger partial charge in [0.15, 0.2) is 11.5 Å². The Bertz CT molecular complexity index is 995. The van der Waals surface area contributed by atoms with Gasteiger partial charge in [-0.15, -0.1) is 0 Å². The van der Waals surface area contributed by atoms with Crippen LogP contribution in [0.25, 0.3) is 10.8 Å². The molecule has 0 aliphatic carbocycles. The van der Waals surface area contributed by atoms with E-state index in [0.717, 1.165) is 10.9 Å². The van der Waals surface area contributed by atoms with Crippen molar-refractivity contribution in [2.75, 3.05) is 14.2 Å². The molecule has 0 unspecified atom stereocenters. The van der Waals surface area contributed by atoms with Gasteiger partial charge in [0.1, 0.15) is 6.54 Å². The van der Waals surface area contributed by atoms with E-state index in [0.29, 0.717) is 23.4 Å². The predicted molar refractivity (Wildman–Crippen MR) is 99.6 cm³/mol. The number of carbonyl (C=O) groups excluding carboxylic acids is 1. The van der Waals surface area contributed by atoms with Crippen molar-refractivity contribution in [2.45, 2.75) is 13.1 Å². The van der Waals surface area contributed by atoms with E-state index >= 15 is 0 Å². The number of pyridine rings is 1. The van der Waals surface area contributed by atoms with Crippen LogP contribution in [0.3, 0.4) is 0 Å². The highest BCUT2D eigenvalue weighted by molar-refractivity contribution is 5.82. The zero-order chi connectivity index (χ0) is 18.5. The molecule has 26 heavy (non-hydrogen) atoms. The third-order valence-electron chi connectivity index (χ3n) is 4.14. The van der Waals surface area contributed by atoms with E-state index in [4.69, 9.17) is 9.47 Å². The number of hydrogen-bond donors (Lipinski definition) is 1. The van der Waals surface area contributed by atoms with Gasteiger partial charge < -0.3 is 19.4 Å². The third-order valence-corrected chi connectivity index (χ3v) is 4.14. The first-order valence-electron chi connectivity index (χ1n) is 8.18. The number of ether oxygens (including phenoxy) is 2. The fourth-order valence-electron chi connectivity index (χ4n) is 2.76. The predicted octanol–water partition coefficient (Wildman–Crippen LogP) is 2.34. The van der Waals surface area contributed by atoms with Gasteiger partial charge in [0.2, 0.25) is 5.91 Å². The van der Waals surface area contributed by atoms with Crippen molar-refractivity contribution in [3.8, 4) is 11.5 Å². The van der Waals surface area contributed by atoms with Crippen LogP contribution in [-0.2, 0) is 17.9 Å². The molecule has 0 aliphatic heterocycles. The van der Waals surface area contributed by atoms with Crippen molar-refractivity contribution in [1.82, 2.24) is 9.88 Å². The van der Waals surface area contributed by atoms with Gasteiger partial charge in [-0.3, -0.25) is 9.59 Å². The Morgan fingerprint density at radius 2 is 1.81 bits per heavy atom. The number of nitrogens with zero attached hydrogens (tertiary/aromatic N) is 1. The van der Waals surface area contributed by atoms with Crippen molar-refractivity contribution in [3.63, 3.8) is 0 Å². The summed E-state index contributed by atoms with van der Waals surface area (Å²) in [7, 11) is 3.13. The van der Waals surface area contributed by atoms with Gasteiger partial charge in [-0.1, -0.05) is 24.3 Å². The van der Waals surface area contributed by atoms with E-state index in [1.165, 1.54) is 4.57 Å². The lowest BCUT2D eigenvalue weighted by Gasteiger charge is -2.11. The number of nitrogens with one attached hydrogen (secondary N) is 1. The molecule has 1 aromatic heterocycles. The van der Waals surface area contributed by atoms with Gasteiger partial charge >= 0.3 is 0 Å². The average molecular weight is 352 g/mol. The number of benzene rings is 2. The van der Waals surface area contributed by atoms with Gasteiger partial charge in [-0.25, -0.2) is 0 Å². The number of fused-ring (bicyclic) bond motifs is 1. The number of amides is 1. The molecule has 0 spiro atoms. The normalized spacial score (nSPS) is 10.5. The summed E-state index contributed by atoms with van der Waals surface area (Å²) in [5, 5.41) is 4.28. The highest BCUT2D eigenvalue weighted by atomic mass is 16.5. The van der Waals surface area contributed by atoms with Crippen LogP contribution >= 0.6 is 0 Å². The smallest absolute Gasteiger partial charge is 0.258 e. The van der Waals surface area contributed by atoms with E-state index in [1.807, 2.05) is 30.3 Å². The first-order chi connectivity index (χ1) is 12.6. The molecule has 6 heteroatoms. The fourth-order valence-corrected chi connectivity index (χ4v) is 2.76. The van der Waals surface area contributed by atoms with Crippen LogP contribution in [0.4, 0.5) is 0 Å². The summed E-state index contributed by atoms with van der Waals surface area (Å²) in [5.41, 5.74) is 0.700. The number of aromatic nitrogens is 1. The maximum absolute atomic E-state index is 12.4. The summed E-state index contributed by atoms with van der Waals surface area (Å²) in [6, 6.07) is 14.6. The molecule has 0 saturated heterocycles. The Morgan fingerprint density at radius 1 is 1.04 bits per heavy atom. The van der Waals surface area contributed by atoms with E-state index in [2.05, 4.69) is 5.32 Å². The van der Waals surface area contributed by atoms with Crippen molar-refractivity contribution in [3.05, 3.63) is 70.6 Å². The van der Waals surface area contributed by atoms with Crippen molar-refractivity contribution < 1.29 is 14.3 Å². The van der Waals surface area contributed by atoms with Crippen LogP contribution in [0, 0.1) is 0 Å². The maximum Gasteiger partial charge on any atom is 0.258 e. The zero-order valence-corrected chi connectivity index (χ0v) is 14.7. The molecule has 0 atom stereocenters. The quantitative estimate of drug-likeness (QED) is 0.739. The van der Waals surface area contributed by atoms with Crippen LogP contribution in [0.15, 0.2) is 59.5 Å². The standard InChI is InChI=1S/C20H20N2O4/c1-25-17-8-7-14(11-18(17)26-2)12-21-19(23)13-22-10-9-15-5-3-4-6-16(15)20(22)24/h3-11H,12-13H2,1-2H3,(H,21,23). The van der Waals surface area contributed by atoms with Gasteiger partial charge in [0, 0.05) is 18.1 Å². The van der Waals surface area contributed by atoms with Gasteiger partial charge in [-0.2, -0.15) is 0 Å². The van der Waals surface area contributed by atoms with E-state index < -0.39 is 0 Å². The maximum atomic E-state index is 12.4. The molecule has 6 nitrogen and oxygen atoms in total. The second kappa shape index (κ2) is 7.74. The molecule has 134 valence electrons. The van der Waals surface area contributed by atoms with Crippen LogP contribution in [0.5, 0.6) is 11.5 Å². The Kier molecular flexibility index (Phi) is 5.22. The molecular weight excluding hydrogens is 332 g/mol. The number of rotatable bonds is 6. The highest BCUT2D eigenvalue weighted by Crippen LogP contribution is 2.27. The summed E-state index contributed by atoms with van der Waals surface area (Å²) in [6.45, 7) is 0.304. The average Bonchev–Trinajstić information content (AvgIpc) is 2.68. The van der Waals surface area contributed by atoms with E-state index in [1.54, 1.807) is 38.6 Å². The highest BCUT2D eigenvalue weighted by Gasteiger charge is 2.08. The monoisotopic (exact) mass is 352 g/mol. The van der Waals surface area contributed by atoms with Crippen LogP contribution in [0.2, 0.25) is 0 Å². The lowest BCUT2D eigenvalue weighted by Crippen LogP contribution is -2.31. The molecule has 0 radical (unpaired) electrons. The van der Waals surface area contributed by atoms with Crippen molar-refractivity contribution in [2.24, 2.45) is 0 Å². The van der Waals surface area contributed by atoms with Crippen LogP contribution in [0.1, 0.15) is 5.56 Å². The van der Waals surface area contributed by atoms with Gasteiger partial charge in [-0.05, 0) is 35.2 Å². The van der Waals surface area contributed by atoms with E-state index in [9.17, 15) is 9.59 Å². The first kappa shape index (κ1) is 17.5. The van der Waals surface area contributed by atoms with E-state index in [-0.39, 0.29) is 18.0 Å². The molecule has 1 amide bonds. The molecule has 3 aromatic rings. The van der Waals surface area contributed by atoms with Crippen molar-refractivity contribution in [1.29, 1.82) is 0 Å². The minimum absolute atomic E-state index is 0.0308. The molecule has 1 heterocycles. The summed E-state index contributed by atoms with van der Waals surface area (Å²) < 4.78 is 11.9. The topological polar surface area (TPSA) is 69.6 Å². The van der Waals surface area contributed by atoms with Crippen LogP contribution < -0.4 is 20.3 Å². The molecule has 0 aliphatic rings.